The Balaban J connectivity index is 1.25. The van der Waals surface area contributed by atoms with Gasteiger partial charge in [0.25, 0.3) is 5.91 Å². The third-order valence-electron chi connectivity index (χ3n) is 6.47. The van der Waals surface area contributed by atoms with E-state index in [1.54, 1.807) is 65.9 Å². The Hall–Kier alpha value is -4.05. The highest BCUT2D eigenvalue weighted by molar-refractivity contribution is 7.10. The number of hydrogen-bond donors (Lipinski definition) is 1. The number of nitrogens with one attached hydrogen (secondary N) is 1. The van der Waals surface area contributed by atoms with Gasteiger partial charge < -0.3 is 19.7 Å². The minimum Gasteiger partial charge on any atom is -0.497 e. The largest absolute Gasteiger partial charge is 0.497 e. The molecule has 9 nitrogen and oxygen atoms in total. The topological polar surface area (TPSA) is 115 Å². The number of likely N-dealkylation sites (tertiary alicyclic amines) is 1. The zero-order chi connectivity index (χ0) is 27.1. The normalized spacial score (nSPS) is 13.6. The van der Waals surface area contributed by atoms with Gasteiger partial charge in [0.15, 0.2) is 5.78 Å². The number of amides is 2. The summed E-state index contributed by atoms with van der Waals surface area (Å²) in [5, 5.41) is 5.35. The Morgan fingerprint density at radius 3 is 2.42 bits per heavy atom. The van der Waals surface area contributed by atoms with E-state index < -0.39 is 5.97 Å². The van der Waals surface area contributed by atoms with E-state index in [2.05, 4.69) is 10.3 Å². The number of carbonyl (C=O) groups excluding carboxylic acids is 4. The summed E-state index contributed by atoms with van der Waals surface area (Å²) in [5.41, 5.74) is 1.70. The maximum absolute atomic E-state index is 12.7. The molecular formula is C28H29N3O6S. The fraction of sp³-hybridized carbons (Fsp3) is 0.321. The number of aromatic nitrogens is 1. The Bertz CT molecular complexity index is 1310. The summed E-state index contributed by atoms with van der Waals surface area (Å²) >= 11 is 1.43. The summed E-state index contributed by atoms with van der Waals surface area (Å²) in [7, 11) is 2.87. The number of rotatable bonds is 9. The van der Waals surface area contributed by atoms with Crippen LogP contribution in [0.25, 0.3) is 0 Å². The lowest BCUT2D eigenvalue weighted by atomic mass is 9.97. The number of carbonyl (C=O) groups is 4. The molecule has 2 aromatic carbocycles. The highest BCUT2D eigenvalue weighted by Gasteiger charge is 2.26. The van der Waals surface area contributed by atoms with Gasteiger partial charge in [-0.05, 0) is 55.3 Å². The zero-order valence-electron chi connectivity index (χ0n) is 21.3. The number of benzene rings is 2. The van der Waals surface area contributed by atoms with Gasteiger partial charge in [-0.3, -0.25) is 14.4 Å². The summed E-state index contributed by atoms with van der Waals surface area (Å²) in [6.45, 7) is 1.17. The molecule has 2 heterocycles. The van der Waals surface area contributed by atoms with Gasteiger partial charge in [-0.2, -0.15) is 0 Å². The fourth-order valence-corrected chi connectivity index (χ4v) is 5.26. The van der Waals surface area contributed by atoms with E-state index in [1.807, 2.05) is 0 Å². The minimum absolute atomic E-state index is 0.0290. The van der Waals surface area contributed by atoms with Gasteiger partial charge in [0.1, 0.15) is 11.4 Å². The Morgan fingerprint density at radius 1 is 1.00 bits per heavy atom. The first-order valence-electron chi connectivity index (χ1n) is 12.3. The maximum Gasteiger partial charge on any atom is 0.337 e. The molecule has 1 aromatic heterocycles. The lowest BCUT2D eigenvalue weighted by Crippen LogP contribution is -2.38. The van der Waals surface area contributed by atoms with Gasteiger partial charge in [-0.1, -0.05) is 6.07 Å². The van der Waals surface area contributed by atoms with Crippen LogP contribution in [0.2, 0.25) is 0 Å². The lowest BCUT2D eigenvalue weighted by molar-refractivity contribution is -0.132. The van der Waals surface area contributed by atoms with Crippen LogP contribution in [0.1, 0.15) is 67.8 Å². The number of ether oxygens (including phenoxy) is 2. The molecule has 198 valence electrons. The monoisotopic (exact) mass is 535 g/mol. The number of Topliss-reactive ketones (excluding diaryl/α,β-unsaturated/α-hetero) is 1. The van der Waals surface area contributed by atoms with Crippen molar-refractivity contribution in [1.82, 2.24) is 9.88 Å². The van der Waals surface area contributed by atoms with Crippen molar-refractivity contribution in [2.24, 2.45) is 0 Å². The second-order valence-corrected chi connectivity index (χ2v) is 9.79. The molecule has 0 radical (unpaired) electrons. The van der Waals surface area contributed by atoms with Crippen LogP contribution in [-0.2, 0) is 9.53 Å². The molecule has 0 saturated carbocycles. The van der Waals surface area contributed by atoms with E-state index in [9.17, 15) is 19.2 Å². The average Bonchev–Trinajstić information content (AvgIpc) is 3.46. The van der Waals surface area contributed by atoms with Crippen LogP contribution in [0.5, 0.6) is 5.75 Å². The predicted molar refractivity (Wildman–Crippen MR) is 143 cm³/mol. The molecule has 0 unspecified atom stereocenters. The molecule has 10 heteroatoms. The number of piperidine rings is 1. The van der Waals surface area contributed by atoms with Crippen LogP contribution in [0.4, 0.5) is 5.69 Å². The molecule has 0 atom stereocenters. The van der Waals surface area contributed by atoms with Crippen molar-refractivity contribution in [3.8, 4) is 5.75 Å². The van der Waals surface area contributed by atoms with Gasteiger partial charge in [-0.25, -0.2) is 9.78 Å². The number of esters is 1. The van der Waals surface area contributed by atoms with Crippen molar-refractivity contribution in [2.75, 3.05) is 32.6 Å². The summed E-state index contributed by atoms with van der Waals surface area (Å²) in [4.78, 5) is 55.9. The second-order valence-electron chi connectivity index (χ2n) is 8.90. The molecule has 1 saturated heterocycles. The predicted octanol–water partition coefficient (Wildman–Crippen LogP) is 4.56. The molecule has 1 N–H and O–H groups in total. The van der Waals surface area contributed by atoms with E-state index in [0.717, 1.165) is 17.8 Å². The molecule has 1 aliphatic heterocycles. The van der Waals surface area contributed by atoms with Crippen molar-refractivity contribution in [2.45, 2.75) is 31.6 Å². The number of hydrogen-bond acceptors (Lipinski definition) is 8. The molecule has 0 bridgehead atoms. The molecule has 0 aliphatic carbocycles. The third kappa shape index (κ3) is 6.63. The Kier molecular flexibility index (Phi) is 8.85. The summed E-state index contributed by atoms with van der Waals surface area (Å²) in [5.74, 6) is -0.0948. The SMILES string of the molecule is COC(=O)c1cccc(NC(=O)c2csc(C3CCN(C(=O)CCC(=O)c4ccc(OC)cc4)CC3)n2)c1. The lowest BCUT2D eigenvalue weighted by Gasteiger charge is -2.31. The van der Waals surface area contributed by atoms with Crippen LogP contribution < -0.4 is 10.1 Å². The highest BCUT2D eigenvalue weighted by Crippen LogP contribution is 2.31. The Morgan fingerprint density at radius 2 is 1.74 bits per heavy atom. The fourth-order valence-electron chi connectivity index (χ4n) is 4.29. The highest BCUT2D eigenvalue weighted by atomic mass is 32.1. The van der Waals surface area contributed by atoms with E-state index in [1.165, 1.54) is 18.4 Å². The quantitative estimate of drug-likeness (QED) is 0.316. The molecule has 3 aromatic rings. The van der Waals surface area contributed by atoms with E-state index in [-0.39, 0.29) is 36.4 Å². The maximum atomic E-state index is 12.7. The summed E-state index contributed by atoms with van der Waals surface area (Å²) in [6.07, 6.45) is 1.83. The first-order chi connectivity index (χ1) is 18.4. The second kappa shape index (κ2) is 12.5. The number of thiazole rings is 1. The molecule has 1 fully saturated rings. The first-order valence-corrected chi connectivity index (χ1v) is 13.2. The van der Waals surface area contributed by atoms with Gasteiger partial charge in [0.05, 0.1) is 24.8 Å². The van der Waals surface area contributed by atoms with Gasteiger partial charge in [0.2, 0.25) is 5.91 Å². The van der Waals surface area contributed by atoms with Crippen LogP contribution in [0.3, 0.4) is 0 Å². The van der Waals surface area contributed by atoms with Crippen LogP contribution >= 0.6 is 11.3 Å². The zero-order valence-corrected chi connectivity index (χ0v) is 22.1. The smallest absolute Gasteiger partial charge is 0.337 e. The average molecular weight is 536 g/mol. The summed E-state index contributed by atoms with van der Waals surface area (Å²) in [6, 6.07) is 13.4. The molecular weight excluding hydrogens is 506 g/mol. The van der Waals surface area contributed by atoms with Crippen molar-refractivity contribution in [3.63, 3.8) is 0 Å². The molecule has 0 spiro atoms. The minimum atomic E-state index is -0.481. The van der Waals surface area contributed by atoms with Crippen molar-refractivity contribution in [1.29, 1.82) is 0 Å². The molecule has 2 amide bonds. The Labute approximate surface area is 224 Å². The molecule has 4 rings (SSSR count). The van der Waals surface area contributed by atoms with E-state index in [4.69, 9.17) is 9.47 Å². The van der Waals surface area contributed by atoms with E-state index >= 15 is 0 Å². The van der Waals surface area contributed by atoms with Crippen LogP contribution in [0, 0.1) is 0 Å². The molecule has 1 aliphatic rings. The van der Waals surface area contributed by atoms with Crippen molar-refractivity contribution < 1.29 is 28.7 Å². The number of anilines is 1. The van der Waals surface area contributed by atoms with Crippen LogP contribution in [0.15, 0.2) is 53.9 Å². The van der Waals surface area contributed by atoms with Crippen molar-refractivity contribution >= 4 is 40.6 Å². The van der Waals surface area contributed by atoms with Crippen molar-refractivity contribution in [3.05, 3.63) is 75.7 Å². The van der Waals surface area contributed by atoms with Gasteiger partial charge >= 0.3 is 5.97 Å². The first kappa shape index (κ1) is 27.0. The summed E-state index contributed by atoms with van der Waals surface area (Å²) < 4.78 is 9.83. The number of nitrogens with zero attached hydrogens (tertiary/aromatic N) is 2. The standard InChI is InChI=1S/C28H29N3O6S/c1-36-22-8-6-18(7-9-22)24(32)10-11-25(33)31-14-12-19(13-15-31)27-30-23(17-38-27)26(34)29-21-5-3-4-20(16-21)28(35)37-2/h3-9,16-17,19H,10-15H2,1-2H3,(H,29,34). The number of methoxy groups -OCH3 is 2. The van der Waals surface area contributed by atoms with E-state index in [0.29, 0.717) is 41.3 Å². The van der Waals surface area contributed by atoms with Crippen LogP contribution in [-0.4, -0.2) is 60.8 Å². The third-order valence-corrected chi connectivity index (χ3v) is 7.48. The van der Waals surface area contributed by atoms with Gasteiger partial charge in [0, 0.05) is 48.5 Å². The molecule has 38 heavy (non-hydrogen) atoms. The van der Waals surface area contributed by atoms with Gasteiger partial charge in [-0.15, -0.1) is 11.3 Å². The number of ketones is 1.